The van der Waals surface area contributed by atoms with E-state index < -0.39 is 27.7 Å². The number of aromatic nitrogens is 3. The van der Waals surface area contributed by atoms with Gasteiger partial charge in [0, 0.05) is 35.1 Å². The van der Waals surface area contributed by atoms with Crippen molar-refractivity contribution >= 4 is 27.4 Å². The summed E-state index contributed by atoms with van der Waals surface area (Å²) in [5.74, 6) is 4.80. The first-order valence-electron chi connectivity index (χ1n) is 14.3. The van der Waals surface area contributed by atoms with Crippen LogP contribution in [-0.2, 0) is 23.0 Å². The van der Waals surface area contributed by atoms with Crippen LogP contribution in [0, 0.1) is 35.3 Å². The molecule has 2 saturated carbocycles. The number of carboxylic acids is 1. The number of halogens is 2. The Morgan fingerprint density at radius 2 is 1.91 bits per heavy atom. The molecule has 0 spiro atoms. The number of carboxylic acid groups (broad SMARTS) is 1. The van der Waals surface area contributed by atoms with Crippen molar-refractivity contribution in [3.8, 4) is 28.2 Å². The Labute approximate surface area is 253 Å². The molecule has 0 amide bonds. The number of thiol groups is 1. The van der Waals surface area contributed by atoms with E-state index in [1.807, 2.05) is 0 Å². The zero-order valence-corrected chi connectivity index (χ0v) is 25.4. The first-order chi connectivity index (χ1) is 20.6. The van der Waals surface area contributed by atoms with E-state index in [1.54, 1.807) is 22.9 Å². The minimum absolute atomic E-state index is 0.0154. The van der Waals surface area contributed by atoms with Crippen molar-refractivity contribution in [3.05, 3.63) is 81.5 Å². The fraction of sp³-hybridized carbons (Fsp3) is 0.344. The molecule has 0 aliphatic heterocycles. The number of nitrogens with two attached hydrogens (primary N) is 1. The molecule has 2 aromatic heterocycles. The van der Waals surface area contributed by atoms with Crippen molar-refractivity contribution in [2.24, 2.45) is 17.0 Å². The van der Waals surface area contributed by atoms with Crippen LogP contribution in [0.4, 0.5) is 8.78 Å². The largest absolute Gasteiger partial charge is 0.476 e. The van der Waals surface area contributed by atoms with Gasteiger partial charge in [-0.15, -0.1) is 11.3 Å². The van der Waals surface area contributed by atoms with E-state index in [4.69, 9.17) is 10.2 Å². The summed E-state index contributed by atoms with van der Waals surface area (Å²) in [7, 11) is -3.30. The average molecular weight is 623 g/mol. The van der Waals surface area contributed by atoms with Gasteiger partial charge in [0.1, 0.15) is 11.6 Å². The molecule has 2 heterocycles. The number of rotatable bonds is 8. The summed E-state index contributed by atoms with van der Waals surface area (Å²) in [5, 5.41) is 22.0. The first-order valence-corrected chi connectivity index (χ1v) is 17.4. The average Bonchev–Trinajstić information content (AvgIpc) is 3.30. The van der Waals surface area contributed by atoms with Crippen molar-refractivity contribution in [3.63, 3.8) is 0 Å². The molecule has 43 heavy (non-hydrogen) atoms. The fourth-order valence-corrected chi connectivity index (χ4v) is 7.20. The second kappa shape index (κ2) is 11.8. The van der Waals surface area contributed by atoms with E-state index in [0.29, 0.717) is 34.3 Å². The van der Waals surface area contributed by atoms with Crippen LogP contribution in [-0.4, -0.2) is 36.3 Å². The van der Waals surface area contributed by atoms with E-state index in [9.17, 15) is 18.5 Å². The Morgan fingerprint density at radius 3 is 2.56 bits per heavy atom. The van der Waals surface area contributed by atoms with Gasteiger partial charge in [0.2, 0.25) is 5.13 Å². The number of hydrogen-bond acceptors (Lipinski definition) is 5. The molecule has 2 fully saturated rings. The number of hydrogen-bond donors (Lipinski definition) is 3. The maximum atomic E-state index is 15.1. The normalized spacial score (nSPS) is 15.8. The minimum Gasteiger partial charge on any atom is -0.476 e. The van der Waals surface area contributed by atoms with E-state index in [2.05, 4.69) is 16.8 Å². The Kier molecular flexibility index (Phi) is 8.02. The number of nitrogens with zero attached hydrogens (tertiary/aromatic N) is 3. The Bertz CT molecular complexity index is 1820. The lowest BCUT2D eigenvalue weighted by Crippen LogP contribution is -2.22. The van der Waals surface area contributed by atoms with Crippen molar-refractivity contribution in [1.82, 2.24) is 14.8 Å². The molecule has 224 valence electrons. The van der Waals surface area contributed by atoms with Crippen LogP contribution in [0.15, 0.2) is 46.7 Å². The van der Waals surface area contributed by atoms with Gasteiger partial charge in [-0.2, -0.15) is 5.10 Å². The molecule has 7 nitrogen and oxygen atoms in total. The molecular formula is C32H32F2N4O3S2. The molecule has 2 aliphatic rings. The monoisotopic (exact) mass is 622 g/mol. The molecule has 4 aromatic rings. The Hall–Kier alpha value is -3.72. The zero-order valence-electron chi connectivity index (χ0n) is 23.6. The predicted molar refractivity (Wildman–Crippen MR) is 164 cm³/mol. The van der Waals surface area contributed by atoms with Crippen LogP contribution in [0.5, 0.6) is 0 Å². The molecule has 2 aliphatic carbocycles. The topological polar surface area (TPSA) is 111 Å². The third-order valence-electron chi connectivity index (χ3n) is 8.04. The molecule has 6 rings (SSSR count). The van der Waals surface area contributed by atoms with Crippen LogP contribution < -0.4 is 5.14 Å². The van der Waals surface area contributed by atoms with E-state index >= 15 is 4.39 Å². The van der Waals surface area contributed by atoms with Gasteiger partial charge in [0.25, 0.3) is 0 Å². The molecule has 11 heteroatoms. The van der Waals surface area contributed by atoms with Gasteiger partial charge in [-0.05, 0) is 84.0 Å². The van der Waals surface area contributed by atoms with Crippen LogP contribution in [0.25, 0.3) is 16.4 Å². The SMILES string of the molecule is C[SH](N)(=O)c1ccc(Cc2c(-c3ccc(F)c(C#CC4CCCC4)c3)nn(-c3nc(C(=O)O)cs3)c2CC2CC2)cc1F. The maximum Gasteiger partial charge on any atom is 0.355 e. The lowest BCUT2D eigenvalue weighted by Gasteiger charge is -2.15. The van der Waals surface area contributed by atoms with Crippen LogP contribution >= 0.6 is 11.3 Å². The van der Waals surface area contributed by atoms with Crippen molar-refractivity contribution in [2.45, 2.75) is 56.3 Å². The lowest BCUT2D eigenvalue weighted by molar-refractivity contribution is 0.0691. The summed E-state index contributed by atoms with van der Waals surface area (Å²) in [5.41, 5.74) is 3.70. The number of carbonyl (C=O) groups is 1. The highest BCUT2D eigenvalue weighted by molar-refractivity contribution is 8.00. The van der Waals surface area contributed by atoms with E-state index in [-0.39, 0.29) is 28.5 Å². The summed E-state index contributed by atoms with van der Waals surface area (Å²) < 4.78 is 44.0. The number of thiazole rings is 1. The molecule has 0 saturated heterocycles. The van der Waals surface area contributed by atoms with Gasteiger partial charge in [-0.25, -0.2) is 23.2 Å². The van der Waals surface area contributed by atoms with Gasteiger partial charge < -0.3 is 5.11 Å². The molecular weight excluding hydrogens is 591 g/mol. The maximum absolute atomic E-state index is 15.1. The second-order valence-electron chi connectivity index (χ2n) is 11.6. The molecule has 0 bridgehead atoms. The molecule has 0 unspecified atom stereocenters. The smallest absolute Gasteiger partial charge is 0.355 e. The second-order valence-corrected chi connectivity index (χ2v) is 14.9. The standard InChI is InChI=1S/C32H32F2N4O3S2/c1-43(35,41)29-13-9-21(15-26(29)34)14-24-28(16-20-6-7-20)38(32-36-27(18-42-32)31(39)40)37-30(24)23-11-12-25(33)22(17-23)10-8-19-4-2-3-5-19/h9,11-13,15,17-20,43H,2-7,14,16H2,1H3,(H2,35,41)(H,39,40). The van der Waals surface area contributed by atoms with Gasteiger partial charge in [0.05, 0.1) is 21.8 Å². The summed E-state index contributed by atoms with van der Waals surface area (Å²) in [6, 6.07) is 9.25. The van der Waals surface area contributed by atoms with Gasteiger partial charge in [-0.1, -0.05) is 30.7 Å². The number of benzene rings is 2. The highest BCUT2D eigenvalue weighted by Gasteiger charge is 2.30. The van der Waals surface area contributed by atoms with Crippen LogP contribution in [0.2, 0.25) is 0 Å². The Morgan fingerprint density at radius 1 is 1.14 bits per heavy atom. The number of aromatic carboxylic acids is 1. The highest BCUT2D eigenvalue weighted by Crippen LogP contribution is 2.38. The molecule has 0 atom stereocenters. The minimum atomic E-state index is -3.30. The highest BCUT2D eigenvalue weighted by atomic mass is 32.3. The van der Waals surface area contributed by atoms with E-state index in [0.717, 1.165) is 49.8 Å². The van der Waals surface area contributed by atoms with Crippen molar-refractivity contribution in [2.75, 3.05) is 6.26 Å². The van der Waals surface area contributed by atoms with Crippen LogP contribution in [0.1, 0.15) is 71.4 Å². The summed E-state index contributed by atoms with van der Waals surface area (Å²) in [4.78, 5) is 15.9. The first kappa shape index (κ1) is 29.4. The van der Waals surface area contributed by atoms with Gasteiger partial charge >= 0.3 is 5.97 Å². The van der Waals surface area contributed by atoms with E-state index in [1.165, 1.54) is 41.2 Å². The molecule has 3 N–H and O–H groups in total. The Balaban J connectivity index is 1.49. The third-order valence-corrected chi connectivity index (χ3v) is 10.2. The predicted octanol–water partition coefficient (Wildman–Crippen LogP) is 5.94. The third kappa shape index (κ3) is 6.47. The molecule has 2 aromatic carbocycles. The summed E-state index contributed by atoms with van der Waals surface area (Å²) >= 11 is 1.17. The van der Waals surface area contributed by atoms with Crippen molar-refractivity contribution in [1.29, 1.82) is 0 Å². The summed E-state index contributed by atoms with van der Waals surface area (Å²) in [6.07, 6.45) is 8.70. The zero-order chi connectivity index (χ0) is 30.3. The summed E-state index contributed by atoms with van der Waals surface area (Å²) in [6.45, 7) is 0. The van der Waals surface area contributed by atoms with Crippen molar-refractivity contribution < 1.29 is 22.9 Å². The lowest BCUT2D eigenvalue weighted by atomic mass is 9.96. The molecule has 0 radical (unpaired) electrons. The van der Waals surface area contributed by atoms with Crippen LogP contribution in [0.3, 0.4) is 0 Å². The fourth-order valence-electron chi connectivity index (χ4n) is 5.57. The van der Waals surface area contributed by atoms with Gasteiger partial charge in [0.15, 0.2) is 5.69 Å². The quantitative estimate of drug-likeness (QED) is 0.167. The van der Waals surface area contributed by atoms with Gasteiger partial charge in [-0.3, -0.25) is 9.35 Å².